The zero-order valence-electron chi connectivity index (χ0n) is 11.4. The summed E-state index contributed by atoms with van der Waals surface area (Å²) < 4.78 is 94.8. The topological polar surface area (TPSA) is 476 Å². The molecule has 0 saturated carbocycles. The first-order valence-corrected chi connectivity index (χ1v) is 6.29. The van der Waals surface area contributed by atoms with E-state index in [1.807, 2.05) is 0 Å². The van der Waals surface area contributed by atoms with Gasteiger partial charge in [-0.15, -0.1) is 0 Å². The Morgan fingerprint density at radius 3 is 0.320 bits per heavy atom. The molecule has 25 heavy (non-hydrogen) atoms. The van der Waals surface area contributed by atoms with Crippen molar-refractivity contribution >= 4 is 31.2 Å². The second-order valence-electron chi connectivity index (χ2n) is 1.34. The molecule has 0 bridgehead atoms. The van der Waals surface area contributed by atoms with Crippen molar-refractivity contribution in [1.82, 2.24) is 0 Å². The van der Waals surface area contributed by atoms with Crippen molar-refractivity contribution in [2.45, 2.75) is 0 Å². The maximum Gasteiger partial charge on any atom is 0.394 e. The quantitative estimate of drug-likeness (QED) is 0.127. The molecule has 25 heteroatoms. The number of hydrogen-bond acceptors (Lipinski definition) is 6. The van der Waals surface area contributed by atoms with Crippen molar-refractivity contribution < 1.29 is 178 Å². The van der Waals surface area contributed by atoms with Crippen molar-refractivity contribution in [2.24, 2.45) is 0 Å². The van der Waals surface area contributed by atoms with Crippen LogP contribution in [0.3, 0.4) is 0 Å². The summed E-state index contributed by atoms with van der Waals surface area (Å²) >= 11 is 0. The van der Waals surface area contributed by atoms with Crippen molar-refractivity contribution in [3.8, 4) is 0 Å². The van der Waals surface area contributed by atoms with E-state index in [9.17, 15) is 0 Å². The molecular formula is H22Nd2O20S3. The van der Waals surface area contributed by atoms with Gasteiger partial charge in [0, 0.05) is 81.7 Å². The molecule has 22 N–H and O–H groups in total. The fourth-order valence-electron chi connectivity index (χ4n) is 0. The number of hydrogen-bond donors (Lipinski definition) is 6. The first kappa shape index (κ1) is 93.1. The Hall–Kier alpha value is 1.99. The summed E-state index contributed by atoms with van der Waals surface area (Å²) in [4.78, 5) is 0. The van der Waals surface area contributed by atoms with Gasteiger partial charge in [-0.2, -0.15) is 25.3 Å². The van der Waals surface area contributed by atoms with Crippen molar-refractivity contribution in [3.05, 3.63) is 0 Å². The average molecular weight is 727 g/mol. The third-order valence-electron chi connectivity index (χ3n) is 0. The van der Waals surface area contributed by atoms with Gasteiger partial charge >= 0.3 is 31.2 Å². The van der Waals surface area contributed by atoms with Crippen LogP contribution in [0.4, 0.5) is 0 Å². The van der Waals surface area contributed by atoms with Gasteiger partial charge in [-0.25, -0.2) is 0 Å². The Labute approximate surface area is 206 Å². The monoisotopic (exact) mass is 722 g/mol. The van der Waals surface area contributed by atoms with Crippen molar-refractivity contribution in [1.29, 1.82) is 0 Å². The summed E-state index contributed by atoms with van der Waals surface area (Å²) in [5, 5.41) is 0. The Morgan fingerprint density at radius 2 is 0.320 bits per heavy atom. The molecule has 0 aliphatic rings. The van der Waals surface area contributed by atoms with Crippen LogP contribution in [-0.2, 0) is 31.2 Å². The summed E-state index contributed by atoms with van der Waals surface area (Å²) in [6, 6.07) is 0. The molecule has 0 aromatic heterocycles. The first-order valence-electron chi connectivity index (χ1n) is 2.10. The molecule has 0 amide bonds. The Kier molecular flexibility index (Phi) is 151. The van der Waals surface area contributed by atoms with Crippen LogP contribution in [0.15, 0.2) is 0 Å². The van der Waals surface area contributed by atoms with Crippen LogP contribution in [0.1, 0.15) is 0 Å². The average Bonchev–Trinajstić information content (AvgIpc) is 1.41. The van der Waals surface area contributed by atoms with Gasteiger partial charge < -0.3 is 43.8 Å². The Bertz CT molecular complexity index is 344. The first-order chi connectivity index (χ1) is 6.00. The standard InChI is InChI=1S/2Nd.3H2O4S.8H2O/c;;3*1-5(2,3)4;;;;;;;;/h;;3*(H2,1,2,3,4);8*1H2. The molecule has 0 aliphatic carbocycles. The summed E-state index contributed by atoms with van der Waals surface area (Å²) in [6.45, 7) is 0. The number of rotatable bonds is 0. The molecule has 0 aromatic carbocycles. The van der Waals surface area contributed by atoms with E-state index in [0.717, 1.165) is 0 Å². The van der Waals surface area contributed by atoms with Crippen LogP contribution in [0.25, 0.3) is 0 Å². The molecule has 0 spiro atoms. The predicted molar refractivity (Wildman–Crippen MR) is 71.4 cm³/mol. The van der Waals surface area contributed by atoms with E-state index in [2.05, 4.69) is 0 Å². The molecule has 20 nitrogen and oxygen atoms in total. The maximum absolute atomic E-state index is 8.74. The van der Waals surface area contributed by atoms with Gasteiger partial charge in [0.15, 0.2) is 0 Å². The van der Waals surface area contributed by atoms with E-state index in [1.54, 1.807) is 0 Å². The minimum absolute atomic E-state index is 0. The minimum atomic E-state index is -4.67. The minimum Gasteiger partial charge on any atom is -0.412 e. The normalized spacial score (nSPS) is 6.96. The van der Waals surface area contributed by atoms with Crippen LogP contribution in [0.2, 0.25) is 0 Å². The van der Waals surface area contributed by atoms with Gasteiger partial charge in [-0.3, -0.25) is 27.3 Å². The van der Waals surface area contributed by atoms with Crippen molar-refractivity contribution in [3.63, 3.8) is 0 Å². The second-order valence-corrected chi connectivity index (χ2v) is 4.03. The van der Waals surface area contributed by atoms with E-state index < -0.39 is 31.2 Å². The van der Waals surface area contributed by atoms with Gasteiger partial charge in [0.25, 0.3) is 0 Å². The molecule has 0 aromatic rings. The molecule has 0 radical (unpaired) electrons. The molecule has 0 saturated heterocycles. The molecule has 0 atom stereocenters. The van der Waals surface area contributed by atoms with E-state index in [-0.39, 0.29) is 125 Å². The van der Waals surface area contributed by atoms with Crippen LogP contribution < -0.4 is 0 Å². The molecule has 0 fully saturated rings. The maximum atomic E-state index is 8.74. The third-order valence-corrected chi connectivity index (χ3v) is 0. The smallest absolute Gasteiger partial charge is 0.394 e. The predicted octanol–water partition coefficient (Wildman–Crippen LogP) is -8.56. The van der Waals surface area contributed by atoms with E-state index >= 15 is 0 Å². The van der Waals surface area contributed by atoms with Gasteiger partial charge in [-0.1, -0.05) is 0 Å². The van der Waals surface area contributed by atoms with E-state index in [4.69, 9.17) is 52.6 Å². The van der Waals surface area contributed by atoms with Gasteiger partial charge in [0.2, 0.25) is 0 Å². The van der Waals surface area contributed by atoms with Gasteiger partial charge in [0.05, 0.1) is 0 Å². The van der Waals surface area contributed by atoms with Crippen LogP contribution in [-0.4, -0.2) is 96.4 Å². The largest absolute Gasteiger partial charge is 0.412 e. The summed E-state index contributed by atoms with van der Waals surface area (Å²) in [6.07, 6.45) is 0. The molecular weight excluding hydrogens is 705 g/mol. The van der Waals surface area contributed by atoms with E-state index in [1.165, 1.54) is 0 Å². The summed E-state index contributed by atoms with van der Waals surface area (Å²) in [5.41, 5.74) is 0. The van der Waals surface area contributed by atoms with Crippen LogP contribution in [0, 0.1) is 81.7 Å². The van der Waals surface area contributed by atoms with Gasteiger partial charge in [-0.05, 0) is 0 Å². The van der Waals surface area contributed by atoms with E-state index in [0.29, 0.717) is 0 Å². The third kappa shape index (κ3) is 3770. The fraction of sp³-hybridized carbons (Fsp3) is 0. The fourth-order valence-corrected chi connectivity index (χ4v) is 0. The van der Waals surface area contributed by atoms with Gasteiger partial charge in [0.1, 0.15) is 0 Å². The van der Waals surface area contributed by atoms with Crippen LogP contribution >= 0.6 is 0 Å². The Morgan fingerprint density at radius 1 is 0.320 bits per heavy atom. The molecule has 0 rings (SSSR count). The summed E-state index contributed by atoms with van der Waals surface area (Å²) in [5.74, 6) is 0. The molecule has 0 unspecified atom stereocenters. The zero-order valence-corrected chi connectivity index (χ0v) is 20.2. The van der Waals surface area contributed by atoms with Crippen molar-refractivity contribution in [2.75, 3.05) is 0 Å². The molecule has 0 aliphatic heterocycles. The molecule has 168 valence electrons. The second kappa shape index (κ2) is 40.6. The Balaban J connectivity index is -0.00000000655. The molecule has 0 heterocycles. The zero-order chi connectivity index (χ0) is 13.5. The SMILES string of the molecule is O.O.O.O.O.O.O.O.O=S(=O)(O)O.O=S(=O)(O)O.O=S(=O)(O)O.[Nd].[Nd]. The van der Waals surface area contributed by atoms with Crippen LogP contribution in [0.5, 0.6) is 0 Å². The summed E-state index contributed by atoms with van der Waals surface area (Å²) in [7, 11) is -14.0.